The summed E-state index contributed by atoms with van der Waals surface area (Å²) in [6.07, 6.45) is 1.41. The molecule has 8 nitrogen and oxygen atoms in total. The normalized spacial score (nSPS) is 16.2. The van der Waals surface area contributed by atoms with E-state index in [0.29, 0.717) is 50.1 Å². The van der Waals surface area contributed by atoms with E-state index in [0.717, 1.165) is 5.56 Å². The van der Waals surface area contributed by atoms with Crippen LogP contribution in [-0.2, 0) is 19.6 Å². The van der Waals surface area contributed by atoms with Crippen LogP contribution in [0.1, 0.15) is 25.5 Å². The fourth-order valence-electron chi connectivity index (χ4n) is 3.92. The Labute approximate surface area is 194 Å². The lowest BCUT2D eigenvalue weighted by atomic mass is 10.0. The zero-order chi connectivity index (χ0) is 23.3. The molecular weight excluding hydrogens is 452 g/mol. The maximum Gasteiger partial charge on any atom is 0.327 e. The van der Waals surface area contributed by atoms with Gasteiger partial charge in [-0.3, -0.25) is 4.90 Å². The number of esters is 1. The Morgan fingerprint density at radius 2 is 1.78 bits per heavy atom. The summed E-state index contributed by atoms with van der Waals surface area (Å²) in [5.74, 6) is 0.353. The van der Waals surface area contributed by atoms with Crippen molar-refractivity contribution in [2.24, 2.45) is 0 Å². The number of benzene rings is 1. The van der Waals surface area contributed by atoms with E-state index < -0.39 is 16.1 Å². The van der Waals surface area contributed by atoms with Gasteiger partial charge in [0.1, 0.15) is 16.8 Å². The van der Waals surface area contributed by atoms with Crippen molar-refractivity contribution >= 4 is 33.4 Å². The molecule has 0 radical (unpaired) electrons. The maximum absolute atomic E-state index is 12.7. The summed E-state index contributed by atoms with van der Waals surface area (Å²) in [4.78, 5) is 21.3. The van der Waals surface area contributed by atoms with E-state index in [-0.39, 0.29) is 10.9 Å². The predicted molar refractivity (Wildman–Crippen MR) is 124 cm³/mol. The number of pyridine rings is 1. The smallest absolute Gasteiger partial charge is 0.327 e. The first-order chi connectivity index (χ1) is 15.3. The molecule has 1 aliphatic rings. The minimum atomic E-state index is -3.54. The Bertz CT molecular complexity index is 1020. The second kappa shape index (κ2) is 10.6. The molecule has 0 bridgehead atoms. The summed E-state index contributed by atoms with van der Waals surface area (Å²) in [7, 11) is -2.16. The second-order valence-electron chi connectivity index (χ2n) is 7.41. The van der Waals surface area contributed by atoms with E-state index in [1.54, 1.807) is 18.2 Å². The first kappa shape index (κ1) is 24.4. The van der Waals surface area contributed by atoms with Crippen LogP contribution in [-0.4, -0.2) is 75.0 Å². The van der Waals surface area contributed by atoms with Crippen molar-refractivity contribution < 1.29 is 17.9 Å². The van der Waals surface area contributed by atoms with Gasteiger partial charge in [-0.15, -0.1) is 0 Å². The highest BCUT2D eigenvalue weighted by molar-refractivity contribution is 7.89. The lowest BCUT2D eigenvalue weighted by molar-refractivity contribution is -0.147. The van der Waals surface area contributed by atoms with Gasteiger partial charge in [-0.25, -0.2) is 18.2 Å². The Hall–Kier alpha value is -2.20. The van der Waals surface area contributed by atoms with E-state index >= 15 is 0 Å². The highest BCUT2D eigenvalue weighted by Crippen LogP contribution is 2.30. The van der Waals surface area contributed by atoms with Gasteiger partial charge in [-0.05, 0) is 23.8 Å². The summed E-state index contributed by atoms with van der Waals surface area (Å²) in [6.45, 7) is 6.92. The minimum Gasteiger partial charge on any atom is -0.468 e. The topological polar surface area (TPSA) is 83.1 Å². The number of hydrogen-bond donors (Lipinski definition) is 0. The predicted octanol–water partition coefficient (Wildman–Crippen LogP) is 2.80. The molecule has 0 unspecified atom stereocenters. The van der Waals surface area contributed by atoms with Crippen molar-refractivity contribution in [3.8, 4) is 0 Å². The maximum atomic E-state index is 12.7. The van der Waals surface area contributed by atoms with Gasteiger partial charge in [0.25, 0.3) is 0 Å². The molecular formula is C22H29ClN4O4S. The summed E-state index contributed by atoms with van der Waals surface area (Å²) in [5.41, 5.74) is 0.721. The number of carbonyl (C=O) groups is 1. The highest BCUT2D eigenvalue weighted by Gasteiger charge is 2.33. The van der Waals surface area contributed by atoms with Crippen molar-refractivity contribution in [1.82, 2.24) is 14.2 Å². The Balaban J connectivity index is 1.72. The molecule has 3 rings (SSSR count). The fourth-order valence-corrected chi connectivity index (χ4v) is 5.56. The molecule has 0 spiro atoms. The standard InChI is InChI=1S/C22H29ClN4O4S/c1-4-27(5-2)32(29,30)17-10-11-20(24-16-17)25-12-14-26(15-13-25)21(22(28)31-3)18-8-6-7-9-19(18)23/h6-11,16,21H,4-5,12-15H2,1-3H3/t21-/m1/s1. The van der Waals surface area contributed by atoms with Crippen molar-refractivity contribution in [1.29, 1.82) is 0 Å². The lowest BCUT2D eigenvalue weighted by Gasteiger charge is -2.39. The van der Waals surface area contributed by atoms with Crippen LogP contribution in [0.3, 0.4) is 0 Å². The van der Waals surface area contributed by atoms with Crippen LogP contribution in [0.2, 0.25) is 5.02 Å². The second-order valence-corrected chi connectivity index (χ2v) is 9.76. The Kier molecular flexibility index (Phi) is 8.10. The van der Waals surface area contributed by atoms with Gasteiger partial charge in [-0.1, -0.05) is 43.6 Å². The number of methoxy groups -OCH3 is 1. The monoisotopic (exact) mass is 480 g/mol. The molecule has 1 atom stereocenters. The fraction of sp³-hybridized carbons (Fsp3) is 0.455. The molecule has 0 aliphatic carbocycles. The SMILES string of the molecule is CCN(CC)S(=O)(=O)c1ccc(N2CCN([C@@H](C(=O)OC)c3ccccc3Cl)CC2)nc1. The molecule has 2 aromatic rings. The van der Waals surface area contributed by atoms with Gasteiger partial charge < -0.3 is 9.64 Å². The Morgan fingerprint density at radius 3 is 2.31 bits per heavy atom. The van der Waals surface area contributed by atoms with Crippen molar-refractivity contribution in [3.63, 3.8) is 0 Å². The number of aromatic nitrogens is 1. The molecule has 1 fully saturated rings. The minimum absolute atomic E-state index is 0.188. The van der Waals surface area contributed by atoms with Crippen molar-refractivity contribution in [2.75, 3.05) is 51.3 Å². The van der Waals surface area contributed by atoms with Gasteiger partial charge in [-0.2, -0.15) is 4.31 Å². The third kappa shape index (κ3) is 5.06. The number of hydrogen-bond acceptors (Lipinski definition) is 7. The third-order valence-electron chi connectivity index (χ3n) is 5.69. The van der Waals surface area contributed by atoms with Gasteiger partial charge in [0, 0.05) is 50.5 Å². The molecule has 0 amide bonds. The largest absolute Gasteiger partial charge is 0.468 e. The van der Waals surface area contributed by atoms with Crippen LogP contribution >= 0.6 is 11.6 Å². The number of piperazine rings is 1. The number of nitrogens with zero attached hydrogens (tertiary/aromatic N) is 4. The summed E-state index contributed by atoms with van der Waals surface area (Å²) >= 11 is 6.35. The summed E-state index contributed by atoms with van der Waals surface area (Å²) < 4.78 is 31.8. The molecule has 174 valence electrons. The summed E-state index contributed by atoms with van der Waals surface area (Å²) in [5, 5.41) is 0.525. The number of rotatable bonds is 8. The molecule has 1 aromatic carbocycles. The molecule has 32 heavy (non-hydrogen) atoms. The van der Waals surface area contributed by atoms with Crippen LogP contribution in [0.15, 0.2) is 47.5 Å². The average molecular weight is 481 g/mol. The van der Waals surface area contributed by atoms with E-state index in [1.165, 1.54) is 17.6 Å². The van der Waals surface area contributed by atoms with Gasteiger partial charge in [0.15, 0.2) is 0 Å². The highest BCUT2D eigenvalue weighted by atomic mass is 35.5. The molecule has 10 heteroatoms. The van der Waals surface area contributed by atoms with E-state index in [2.05, 4.69) is 9.88 Å². The van der Waals surface area contributed by atoms with Crippen molar-refractivity contribution in [3.05, 3.63) is 53.2 Å². The van der Waals surface area contributed by atoms with Crippen LogP contribution in [0.4, 0.5) is 5.82 Å². The third-order valence-corrected chi connectivity index (χ3v) is 8.07. The lowest BCUT2D eigenvalue weighted by Crippen LogP contribution is -2.49. The molecule has 1 saturated heterocycles. The van der Waals surface area contributed by atoms with Gasteiger partial charge >= 0.3 is 5.97 Å². The number of anilines is 1. The molecule has 0 saturated carbocycles. The van der Waals surface area contributed by atoms with Gasteiger partial charge in [0.2, 0.25) is 10.0 Å². The van der Waals surface area contributed by atoms with Crippen LogP contribution in [0.25, 0.3) is 0 Å². The zero-order valence-electron chi connectivity index (χ0n) is 18.6. The molecule has 1 aliphatic heterocycles. The van der Waals surface area contributed by atoms with Gasteiger partial charge in [0.05, 0.1) is 7.11 Å². The number of ether oxygens (including phenoxy) is 1. The average Bonchev–Trinajstić information content (AvgIpc) is 2.81. The van der Waals surface area contributed by atoms with E-state index in [4.69, 9.17) is 16.3 Å². The van der Waals surface area contributed by atoms with Crippen LogP contribution in [0.5, 0.6) is 0 Å². The number of halogens is 1. The quantitative estimate of drug-likeness (QED) is 0.537. The zero-order valence-corrected chi connectivity index (χ0v) is 20.1. The Morgan fingerprint density at radius 1 is 1.12 bits per heavy atom. The number of carbonyl (C=O) groups excluding carboxylic acids is 1. The first-order valence-electron chi connectivity index (χ1n) is 10.6. The van der Waals surface area contributed by atoms with Crippen LogP contribution in [0, 0.1) is 0 Å². The van der Waals surface area contributed by atoms with Crippen molar-refractivity contribution in [2.45, 2.75) is 24.8 Å². The first-order valence-corrected chi connectivity index (χ1v) is 12.4. The van der Waals surface area contributed by atoms with E-state index in [9.17, 15) is 13.2 Å². The molecule has 1 aromatic heterocycles. The molecule has 0 N–H and O–H groups in total. The number of sulfonamides is 1. The van der Waals surface area contributed by atoms with E-state index in [1.807, 2.05) is 36.9 Å². The van der Waals surface area contributed by atoms with Crippen LogP contribution < -0.4 is 4.90 Å². The molecule has 2 heterocycles. The summed E-state index contributed by atoms with van der Waals surface area (Å²) in [6, 6.07) is 10.0.